The summed E-state index contributed by atoms with van der Waals surface area (Å²) in [5, 5.41) is 8.05. The second-order valence-corrected chi connectivity index (χ2v) is 6.23. The average molecular weight is 268 g/mol. The molecule has 0 aliphatic heterocycles. The number of hydrogen-bond donors (Lipinski definition) is 0. The Morgan fingerprint density at radius 1 is 1.33 bits per heavy atom. The first kappa shape index (κ1) is 9.31. The van der Waals surface area contributed by atoms with Gasteiger partial charge in [-0.05, 0) is 0 Å². The fourth-order valence-corrected chi connectivity index (χ4v) is 4.82. The molecule has 0 unspecified atom stereocenters. The van der Waals surface area contributed by atoms with Crippen LogP contribution in [0.25, 0.3) is 9.78 Å². The number of nitrogens with zero attached hydrogens (tertiary/aromatic N) is 3. The van der Waals surface area contributed by atoms with Crippen LogP contribution in [0.3, 0.4) is 0 Å². The molecule has 2 heterocycles. The van der Waals surface area contributed by atoms with Crippen LogP contribution in [0.15, 0.2) is 4.79 Å². The van der Waals surface area contributed by atoms with Crippen LogP contribution in [0.4, 0.5) is 0 Å². The standard InChI is InChI=1S/C10H11N3OSe/c1-13-10(14)9-8(11-12-13)6-4-2-3-5-7(6)15-9/h2-5H2,1H3. The predicted molar refractivity (Wildman–Crippen MR) is 58.4 cm³/mol. The normalized spacial score (nSPS) is 15.5. The number of fused-ring (bicyclic) bond motifs is 3. The van der Waals surface area contributed by atoms with Crippen molar-refractivity contribution in [2.45, 2.75) is 25.7 Å². The summed E-state index contributed by atoms with van der Waals surface area (Å²) < 4.78 is 3.76. The Bertz CT molecular complexity index is 584. The van der Waals surface area contributed by atoms with Crippen molar-refractivity contribution >= 4 is 24.3 Å². The molecule has 0 spiro atoms. The first-order chi connectivity index (χ1) is 7.27. The molecule has 0 amide bonds. The van der Waals surface area contributed by atoms with Crippen molar-refractivity contribution in [1.29, 1.82) is 0 Å². The van der Waals surface area contributed by atoms with Crippen molar-refractivity contribution in [1.82, 2.24) is 15.0 Å². The van der Waals surface area contributed by atoms with E-state index in [0.29, 0.717) is 0 Å². The third kappa shape index (κ3) is 1.30. The van der Waals surface area contributed by atoms with E-state index in [2.05, 4.69) is 10.3 Å². The molecule has 2 aromatic heterocycles. The Hall–Kier alpha value is -0.931. The van der Waals surface area contributed by atoms with Gasteiger partial charge in [-0.15, -0.1) is 0 Å². The molecule has 0 aromatic carbocycles. The zero-order valence-electron chi connectivity index (χ0n) is 8.49. The Morgan fingerprint density at radius 2 is 2.13 bits per heavy atom. The van der Waals surface area contributed by atoms with E-state index in [-0.39, 0.29) is 20.1 Å². The van der Waals surface area contributed by atoms with Crippen molar-refractivity contribution < 1.29 is 0 Å². The second kappa shape index (κ2) is 3.29. The van der Waals surface area contributed by atoms with E-state index in [0.717, 1.165) is 22.6 Å². The van der Waals surface area contributed by atoms with E-state index in [1.54, 1.807) is 7.05 Å². The quantitative estimate of drug-likeness (QED) is 0.644. The van der Waals surface area contributed by atoms with E-state index >= 15 is 0 Å². The van der Waals surface area contributed by atoms with E-state index in [1.807, 2.05) is 0 Å². The zero-order chi connectivity index (χ0) is 10.4. The molecule has 2 aromatic rings. The van der Waals surface area contributed by atoms with Crippen molar-refractivity contribution in [3.8, 4) is 0 Å². The summed E-state index contributed by atoms with van der Waals surface area (Å²) in [7, 11) is 1.67. The maximum atomic E-state index is 11.9. The average Bonchev–Trinajstić information content (AvgIpc) is 2.63. The summed E-state index contributed by atoms with van der Waals surface area (Å²) in [4.78, 5) is 11.9. The third-order valence-corrected chi connectivity index (χ3v) is 5.57. The monoisotopic (exact) mass is 269 g/mol. The van der Waals surface area contributed by atoms with E-state index in [4.69, 9.17) is 0 Å². The van der Waals surface area contributed by atoms with E-state index in [9.17, 15) is 4.79 Å². The molecule has 0 bridgehead atoms. The van der Waals surface area contributed by atoms with Gasteiger partial charge in [-0.2, -0.15) is 0 Å². The van der Waals surface area contributed by atoms with Crippen LogP contribution in [-0.2, 0) is 19.9 Å². The summed E-state index contributed by atoms with van der Waals surface area (Å²) in [6.45, 7) is 0. The molecule has 15 heavy (non-hydrogen) atoms. The molecule has 1 aliphatic rings. The van der Waals surface area contributed by atoms with Gasteiger partial charge in [-0.3, -0.25) is 0 Å². The van der Waals surface area contributed by atoms with Crippen molar-refractivity contribution in [3.05, 3.63) is 20.4 Å². The summed E-state index contributed by atoms with van der Waals surface area (Å²) in [5.41, 5.74) is 2.30. The van der Waals surface area contributed by atoms with Crippen LogP contribution in [-0.4, -0.2) is 29.5 Å². The van der Waals surface area contributed by atoms with Crippen LogP contribution >= 0.6 is 0 Å². The second-order valence-electron chi connectivity index (χ2n) is 3.91. The van der Waals surface area contributed by atoms with Crippen molar-refractivity contribution in [3.63, 3.8) is 0 Å². The Balaban J connectivity index is 2.41. The molecule has 0 N–H and O–H groups in total. The van der Waals surface area contributed by atoms with Gasteiger partial charge in [0, 0.05) is 0 Å². The van der Waals surface area contributed by atoms with Gasteiger partial charge in [-0.1, -0.05) is 0 Å². The van der Waals surface area contributed by atoms with Crippen LogP contribution in [0.2, 0.25) is 0 Å². The number of aryl methyl sites for hydroxylation is 3. The zero-order valence-corrected chi connectivity index (χ0v) is 10.2. The van der Waals surface area contributed by atoms with Crippen LogP contribution in [0.5, 0.6) is 0 Å². The van der Waals surface area contributed by atoms with Gasteiger partial charge in [0.05, 0.1) is 0 Å². The molecule has 0 atom stereocenters. The van der Waals surface area contributed by atoms with Crippen LogP contribution in [0, 0.1) is 0 Å². The molecule has 0 saturated carbocycles. The Kier molecular flexibility index (Phi) is 2.04. The molecule has 4 nitrogen and oxygen atoms in total. The fraction of sp³-hybridized carbons (Fsp3) is 0.500. The molecule has 5 heteroatoms. The molecule has 0 fully saturated rings. The molecular weight excluding hydrogens is 257 g/mol. The van der Waals surface area contributed by atoms with E-state index < -0.39 is 0 Å². The summed E-state index contributed by atoms with van der Waals surface area (Å²) in [6.07, 6.45) is 4.74. The minimum atomic E-state index is 0.0504. The number of hydrogen-bond acceptors (Lipinski definition) is 3. The number of aromatic nitrogens is 3. The van der Waals surface area contributed by atoms with Gasteiger partial charge in [0.1, 0.15) is 0 Å². The Morgan fingerprint density at radius 3 is 3.00 bits per heavy atom. The summed E-state index contributed by atoms with van der Waals surface area (Å²) in [5.74, 6) is 0. The molecule has 3 rings (SSSR count). The molecule has 0 radical (unpaired) electrons. The molecule has 78 valence electrons. The molecular formula is C10H11N3OSe. The maximum absolute atomic E-state index is 11.9. The Labute approximate surface area is 92.7 Å². The first-order valence-corrected chi connectivity index (χ1v) is 6.83. The summed E-state index contributed by atoms with van der Waals surface area (Å²) in [6, 6.07) is 0. The fourth-order valence-electron chi connectivity index (χ4n) is 2.10. The van der Waals surface area contributed by atoms with Crippen LogP contribution in [0.1, 0.15) is 22.8 Å². The minimum absolute atomic E-state index is 0.0504. The van der Waals surface area contributed by atoms with E-state index in [1.165, 1.54) is 27.5 Å². The molecule has 0 saturated heterocycles. The van der Waals surface area contributed by atoms with Gasteiger partial charge in [0.25, 0.3) is 0 Å². The van der Waals surface area contributed by atoms with Gasteiger partial charge in [-0.25, -0.2) is 0 Å². The summed E-state index contributed by atoms with van der Waals surface area (Å²) >= 11 is 0.218. The van der Waals surface area contributed by atoms with Crippen molar-refractivity contribution in [2.24, 2.45) is 7.05 Å². The molecule has 1 aliphatic carbocycles. The van der Waals surface area contributed by atoms with Gasteiger partial charge < -0.3 is 0 Å². The third-order valence-electron chi connectivity index (χ3n) is 2.91. The number of rotatable bonds is 0. The predicted octanol–water partition coefficient (Wildman–Crippen LogP) is 0.264. The topological polar surface area (TPSA) is 47.8 Å². The first-order valence-electron chi connectivity index (χ1n) is 5.11. The van der Waals surface area contributed by atoms with Gasteiger partial charge >= 0.3 is 92.4 Å². The SMILES string of the molecule is Cn1nnc2c3c([se]c2c1=O)CCCC3. The van der Waals surface area contributed by atoms with Gasteiger partial charge in [0.2, 0.25) is 0 Å². The van der Waals surface area contributed by atoms with Crippen LogP contribution < -0.4 is 5.56 Å². The van der Waals surface area contributed by atoms with Crippen molar-refractivity contribution in [2.75, 3.05) is 0 Å². The van der Waals surface area contributed by atoms with Gasteiger partial charge in [0.15, 0.2) is 0 Å².